The molecule has 5 aromatic rings. The van der Waals surface area contributed by atoms with Crippen LogP contribution in [0, 0.1) is 20.8 Å². The monoisotopic (exact) mass is 567 g/mol. The van der Waals surface area contributed by atoms with Crippen molar-refractivity contribution in [1.82, 2.24) is 39.6 Å². The Bertz CT molecular complexity index is 1740. The summed E-state index contributed by atoms with van der Waals surface area (Å²) in [4.78, 5) is 35.9. The van der Waals surface area contributed by atoms with Gasteiger partial charge in [-0.15, -0.1) is 0 Å². The van der Waals surface area contributed by atoms with Crippen molar-refractivity contribution in [2.45, 2.75) is 33.3 Å². The number of anilines is 4. The average molecular weight is 568 g/mol. The van der Waals surface area contributed by atoms with Crippen LogP contribution < -0.4 is 21.1 Å². The van der Waals surface area contributed by atoms with E-state index in [1.54, 1.807) is 16.9 Å². The molecule has 0 spiro atoms. The van der Waals surface area contributed by atoms with Crippen molar-refractivity contribution in [3.05, 3.63) is 59.7 Å². The molecule has 13 heteroatoms. The zero-order chi connectivity index (χ0) is 29.4. The van der Waals surface area contributed by atoms with E-state index < -0.39 is 0 Å². The molecule has 5 N–H and O–H groups in total. The number of aromatic nitrogens is 7. The minimum atomic E-state index is -0.100. The van der Waals surface area contributed by atoms with Crippen molar-refractivity contribution in [3.8, 4) is 17.1 Å². The molecular formula is C29H33N11O2. The number of ether oxygens (including phenoxy) is 1. The van der Waals surface area contributed by atoms with E-state index in [1.807, 2.05) is 58.3 Å². The predicted octanol–water partition coefficient (Wildman–Crippen LogP) is 3.49. The Morgan fingerprint density at radius 1 is 1.19 bits per heavy atom. The Labute approximate surface area is 242 Å². The lowest BCUT2D eigenvalue weighted by atomic mass is 10.1. The summed E-state index contributed by atoms with van der Waals surface area (Å²) in [6.45, 7) is 7.42. The van der Waals surface area contributed by atoms with Gasteiger partial charge in [0.2, 0.25) is 23.7 Å². The summed E-state index contributed by atoms with van der Waals surface area (Å²) in [6.07, 6.45) is 4.42. The molecule has 1 unspecified atom stereocenters. The first kappa shape index (κ1) is 27.1. The summed E-state index contributed by atoms with van der Waals surface area (Å²) >= 11 is 0. The summed E-state index contributed by atoms with van der Waals surface area (Å²) in [7, 11) is 1.89. The summed E-state index contributed by atoms with van der Waals surface area (Å²) in [5.74, 6) is 1.68. The number of nitrogen functional groups attached to an aromatic ring is 1. The highest BCUT2D eigenvalue weighted by atomic mass is 16.5. The van der Waals surface area contributed by atoms with Crippen LogP contribution in [0.25, 0.3) is 22.2 Å². The van der Waals surface area contributed by atoms with Gasteiger partial charge in [-0.2, -0.15) is 10.1 Å². The smallest absolute Gasteiger partial charge is 0.238 e. The fraction of sp³-hybridized carbons (Fsp3) is 0.310. The Morgan fingerprint density at radius 3 is 2.83 bits per heavy atom. The molecule has 4 aromatic heterocycles. The molecule has 42 heavy (non-hydrogen) atoms. The fourth-order valence-corrected chi connectivity index (χ4v) is 5.19. The minimum Gasteiger partial charge on any atom is -0.473 e. The zero-order valence-electron chi connectivity index (χ0n) is 24.0. The first-order chi connectivity index (χ1) is 20.2. The Balaban J connectivity index is 1.14. The van der Waals surface area contributed by atoms with Crippen molar-refractivity contribution in [2.75, 3.05) is 36.0 Å². The van der Waals surface area contributed by atoms with E-state index in [0.29, 0.717) is 29.9 Å². The third kappa shape index (κ3) is 5.72. The molecule has 1 saturated heterocycles. The highest BCUT2D eigenvalue weighted by Crippen LogP contribution is 2.33. The number of H-pyrrole nitrogens is 1. The summed E-state index contributed by atoms with van der Waals surface area (Å²) in [5, 5.41) is 11.6. The SMILES string of the molecule is Cc1cc(OC2CCN(CC(=O)Nc3cccc4c(-c5nc(Nc6cc(C)n(C)n6)ncc5C)c[nH]c34)C2)nc(N)n1. The molecule has 1 aromatic carbocycles. The van der Waals surface area contributed by atoms with Gasteiger partial charge in [-0.05, 0) is 38.8 Å². The Morgan fingerprint density at radius 2 is 2.05 bits per heavy atom. The van der Waals surface area contributed by atoms with Crippen LogP contribution in [0.15, 0.2) is 42.7 Å². The van der Waals surface area contributed by atoms with Crippen LogP contribution in [0.4, 0.5) is 23.4 Å². The lowest BCUT2D eigenvalue weighted by molar-refractivity contribution is -0.117. The van der Waals surface area contributed by atoms with E-state index >= 15 is 0 Å². The van der Waals surface area contributed by atoms with E-state index in [2.05, 4.69) is 40.6 Å². The van der Waals surface area contributed by atoms with E-state index in [1.165, 1.54) is 0 Å². The second kappa shape index (κ2) is 11.1. The van der Waals surface area contributed by atoms with Crippen LogP contribution in [0.3, 0.4) is 0 Å². The molecule has 6 rings (SSSR count). The summed E-state index contributed by atoms with van der Waals surface area (Å²) in [6, 6.07) is 9.53. The number of nitrogens with zero attached hydrogens (tertiary/aromatic N) is 7. The average Bonchev–Trinajstić information content (AvgIpc) is 3.64. The van der Waals surface area contributed by atoms with Gasteiger partial charge in [0, 0.05) is 67.0 Å². The van der Waals surface area contributed by atoms with Crippen LogP contribution in [0.2, 0.25) is 0 Å². The van der Waals surface area contributed by atoms with Crippen molar-refractivity contribution in [2.24, 2.45) is 7.05 Å². The molecule has 13 nitrogen and oxygen atoms in total. The molecule has 1 aliphatic rings. The van der Waals surface area contributed by atoms with Gasteiger partial charge in [0.05, 0.1) is 23.4 Å². The largest absolute Gasteiger partial charge is 0.473 e. The Hall–Kier alpha value is -5.04. The zero-order valence-corrected chi connectivity index (χ0v) is 24.0. The number of rotatable bonds is 8. The second-order valence-electron chi connectivity index (χ2n) is 10.6. The van der Waals surface area contributed by atoms with Crippen molar-refractivity contribution in [3.63, 3.8) is 0 Å². The molecule has 1 aliphatic heterocycles. The molecule has 0 radical (unpaired) electrons. The van der Waals surface area contributed by atoms with E-state index in [4.69, 9.17) is 15.5 Å². The molecule has 1 amide bonds. The van der Waals surface area contributed by atoms with Crippen molar-refractivity contribution in [1.29, 1.82) is 0 Å². The number of hydrogen-bond acceptors (Lipinski definition) is 10. The van der Waals surface area contributed by atoms with Gasteiger partial charge in [-0.1, -0.05) is 12.1 Å². The normalized spacial score (nSPS) is 15.3. The lowest BCUT2D eigenvalue weighted by Gasteiger charge is -2.16. The summed E-state index contributed by atoms with van der Waals surface area (Å²) in [5.41, 5.74) is 11.7. The van der Waals surface area contributed by atoms with Gasteiger partial charge in [-0.25, -0.2) is 15.0 Å². The molecular weight excluding hydrogens is 534 g/mol. The number of fused-ring (bicyclic) bond motifs is 1. The number of amides is 1. The number of nitrogens with two attached hydrogens (primary N) is 1. The second-order valence-corrected chi connectivity index (χ2v) is 10.6. The maximum atomic E-state index is 13.1. The first-order valence-electron chi connectivity index (χ1n) is 13.7. The highest BCUT2D eigenvalue weighted by molar-refractivity contribution is 6.06. The number of likely N-dealkylation sites (tertiary alicyclic amines) is 1. The Kier molecular flexibility index (Phi) is 7.17. The topological polar surface area (TPSA) is 165 Å². The quantitative estimate of drug-likeness (QED) is 0.218. The standard InChI is InChI=1S/C29H33N11O2/c1-16-12-32-29(35-23-11-18(3)39(4)38-23)37-26(16)21-13-31-27-20(21)6-5-7-22(27)34-24(41)15-40-9-8-19(14-40)42-25-10-17(2)33-28(30)36-25/h5-7,10-13,19,31H,8-9,14-15H2,1-4H3,(H,34,41)(H2,30,33,36)(H,32,35,37,38). The number of carbonyl (C=O) groups excluding carboxylic acids is 1. The van der Waals surface area contributed by atoms with Crippen molar-refractivity contribution < 1.29 is 9.53 Å². The van der Waals surface area contributed by atoms with E-state index in [9.17, 15) is 4.79 Å². The number of benzene rings is 1. The van der Waals surface area contributed by atoms with Gasteiger partial charge in [0.1, 0.15) is 6.10 Å². The fourth-order valence-electron chi connectivity index (χ4n) is 5.19. The highest BCUT2D eigenvalue weighted by Gasteiger charge is 2.26. The number of hydrogen-bond donors (Lipinski definition) is 4. The number of para-hydroxylation sites is 1. The van der Waals surface area contributed by atoms with Crippen LogP contribution >= 0.6 is 0 Å². The lowest BCUT2D eigenvalue weighted by Crippen LogP contribution is -2.33. The predicted molar refractivity (Wildman–Crippen MR) is 161 cm³/mol. The van der Waals surface area contributed by atoms with Crippen LogP contribution in [-0.4, -0.2) is 71.2 Å². The first-order valence-corrected chi connectivity index (χ1v) is 13.7. The molecule has 216 valence electrons. The maximum absolute atomic E-state index is 13.1. The van der Waals surface area contributed by atoms with Gasteiger partial charge in [0.25, 0.3) is 0 Å². The van der Waals surface area contributed by atoms with Gasteiger partial charge in [-0.3, -0.25) is 14.4 Å². The van der Waals surface area contributed by atoms with Crippen LogP contribution in [-0.2, 0) is 11.8 Å². The molecule has 1 atom stereocenters. The molecule has 5 heterocycles. The molecule has 0 saturated carbocycles. The van der Waals surface area contributed by atoms with E-state index in [-0.39, 0.29) is 24.5 Å². The van der Waals surface area contributed by atoms with Gasteiger partial charge in [0.15, 0.2) is 5.82 Å². The molecule has 0 aliphatic carbocycles. The van der Waals surface area contributed by atoms with Gasteiger partial charge < -0.3 is 26.1 Å². The van der Waals surface area contributed by atoms with Crippen molar-refractivity contribution >= 4 is 40.2 Å². The van der Waals surface area contributed by atoms with E-state index in [0.717, 1.165) is 52.1 Å². The summed E-state index contributed by atoms with van der Waals surface area (Å²) < 4.78 is 7.79. The third-order valence-corrected chi connectivity index (χ3v) is 7.30. The number of aromatic amines is 1. The van der Waals surface area contributed by atoms with Crippen LogP contribution in [0.5, 0.6) is 5.88 Å². The third-order valence-electron chi connectivity index (χ3n) is 7.30. The number of nitrogens with one attached hydrogen (secondary N) is 3. The molecule has 0 bridgehead atoms. The van der Waals surface area contributed by atoms with Gasteiger partial charge >= 0.3 is 0 Å². The van der Waals surface area contributed by atoms with Crippen LogP contribution in [0.1, 0.15) is 23.4 Å². The maximum Gasteiger partial charge on any atom is 0.238 e. The number of aryl methyl sites for hydroxylation is 4. The molecule has 1 fully saturated rings. The minimum absolute atomic E-state index is 0.0712. The number of carbonyl (C=O) groups is 1.